The predicted octanol–water partition coefficient (Wildman–Crippen LogP) is 0.932. The van der Waals surface area contributed by atoms with E-state index < -0.39 is 11.6 Å². The highest BCUT2D eigenvalue weighted by Gasteiger charge is 2.32. The quantitative estimate of drug-likeness (QED) is 0.323. The Morgan fingerprint density at radius 1 is 1.64 bits per heavy atom. The van der Waals surface area contributed by atoms with Crippen molar-refractivity contribution in [1.29, 1.82) is 0 Å². The first-order valence-electron chi connectivity index (χ1n) is 3.49. The van der Waals surface area contributed by atoms with Gasteiger partial charge in [-0.3, -0.25) is 0 Å². The van der Waals surface area contributed by atoms with Gasteiger partial charge < -0.3 is 9.94 Å². The summed E-state index contributed by atoms with van der Waals surface area (Å²) in [5.41, 5.74) is -0.296. The van der Waals surface area contributed by atoms with Crippen LogP contribution < -0.4 is 0 Å². The van der Waals surface area contributed by atoms with Gasteiger partial charge in [-0.25, -0.2) is 4.79 Å². The van der Waals surface area contributed by atoms with Crippen molar-refractivity contribution >= 4 is 11.7 Å². The molecule has 1 heterocycles. The molecular formula is C7H11NO3. The first kappa shape index (κ1) is 8.04. The average Bonchev–Trinajstić information content (AvgIpc) is 1.86. The summed E-state index contributed by atoms with van der Waals surface area (Å²) in [6, 6.07) is 0. The molecule has 0 spiro atoms. The molecule has 0 aromatic carbocycles. The first-order chi connectivity index (χ1) is 5.05. The van der Waals surface area contributed by atoms with Gasteiger partial charge in [0.25, 0.3) is 0 Å². The van der Waals surface area contributed by atoms with Crippen molar-refractivity contribution in [1.82, 2.24) is 0 Å². The average molecular weight is 157 g/mol. The van der Waals surface area contributed by atoms with Crippen molar-refractivity contribution in [2.24, 2.45) is 5.16 Å². The maximum absolute atomic E-state index is 10.9. The Labute approximate surface area is 64.8 Å². The number of oxime groups is 1. The van der Waals surface area contributed by atoms with E-state index in [9.17, 15) is 4.79 Å². The second-order valence-electron chi connectivity index (χ2n) is 3.20. The number of cyclic esters (lactones) is 1. The molecule has 1 N–H and O–H groups in total. The number of ether oxygens (including phenoxy) is 1. The number of hydrogen-bond acceptors (Lipinski definition) is 4. The minimum atomic E-state index is -0.510. The molecule has 0 atom stereocenters. The molecule has 1 aliphatic heterocycles. The van der Waals surface area contributed by atoms with E-state index in [4.69, 9.17) is 9.94 Å². The van der Waals surface area contributed by atoms with Gasteiger partial charge in [0.2, 0.25) is 0 Å². The van der Waals surface area contributed by atoms with Crippen LogP contribution in [0.5, 0.6) is 0 Å². The molecule has 1 aliphatic rings. The molecule has 0 aromatic heterocycles. The highest BCUT2D eigenvalue weighted by atomic mass is 16.6. The van der Waals surface area contributed by atoms with Gasteiger partial charge in [0, 0.05) is 6.42 Å². The second kappa shape index (κ2) is 2.53. The SMILES string of the molecule is CC1(C)CCC(=NO)C(=O)O1. The van der Waals surface area contributed by atoms with Crippen LogP contribution in [0.3, 0.4) is 0 Å². The Kier molecular flexibility index (Phi) is 1.85. The van der Waals surface area contributed by atoms with Gasteiger partial charge in [-0.1, -0.05) is 5.16 Å². The lowest BCUT2D eigenvalue weighted by Gasteiger charge is -2.29. The Bertz CT molecular complexity index is 208. The molecule has 0 aromatic rings. The van der Waals surface area contributed by atoms with E-state index in [1.54, 1.807) is 0 Å². The maximum atomic E-state index is 10.9. The normalized spacial score (nSPS) is 26.7. The molecule has 62 valence electrons. The zero-order valence-electron chi connectivity index (χ0n) is 6.63. The molecule has 0 amide bonds. The Morgan fingerprint density at radius 3 is 2.73 bits per heavy atom. The molecular weight excluding hydrogens is 146 g/mol. The van der Waals surface area contributed by atoms with E-state index >= 15 is 0 Å². The molecule has 1 saturated heterocycles. The summed E-state index contributed by atoms with van der Waals surface area (Å²) in [5.74, 6) is -0.510. The van der Waals surface area contributed by atoms with E-state index in [1.165, 1.54) is 0 Å². The van der Waals surface area contributed by atoms with Crippen molar-refractivity contribution in [3.63, 3.8) is 0 Å². The van der Waals surface area contributed by atoms with E-state index in [-0.39, 0.29) is 5.71 Å². The second-order valence-corrected chi connectivity index (χ2v) is 3.20. The maximum Gasteiger partial charge on any atom is 0.356 e. The zero-order chi connectivity index (χ0) is 8.48. The van der Waals surface area contributed by atoms with Crippen molar-refractivity contribution in [3.8, 4) is 0 Å². The topological polar surface area (TPSA) is 58.9 Å². The number of carbonyl (C=O) groups excluding carboxylic acids is 1. The van der Waals surface area contributed by atoms with Crippen LogP contribution in [0.1, 0.15) is 26.7 Å². The van der Waals surface area contributed by atoms with E-state index in [0.29, 0.717) is 12.8 Å². The lowest BCUT2D eigenvalue weighted by atomic mass is 9.97. The molecule has 0 radical (unpaired) electrons. The summed E-state index contributed by atoms with van der Waals surface area (Å²) in [6.45, 7) is 3.66. The molecule has 1 fully saturated rings. The third kappa shape index (κ3) is 1.69. The van der Waals surface area contributed by atoms with Crippen molar-refractivity contribution in [3.05, 3.63) is 0 Å². The van der Waals surface area contributed by atoms with E-state index in [1.807, 2.05) is 13.8 Å². The zero-order valence-corrected chi connectivity index (χ0v) is 6.63. The highest BCUT2D eigenvalue weighted by Crippen LogP contribution is 2.22. The van der Waals surface area contributed by atoms with Crippen molar-refractivity contribution in [2.75, 3.05) is 0 Å². The number of nitrogens with zero attached hydrogens (tertiary/aromatic N) is 1. The van der Waals surface area contributed by atoms with Crippen LogP contribution in [0, 0.1) is 0 Å². The third-order valence-electron chi connectivity index (χ3n) is 1.69. The molecule has 1 rings (SSSR count). The minimum Gasteiger partial charge on any atom is -0.455 e. The smallest absolute Gasteiger partial charge is 0.356 e. The van der Waals surface area contributed by atoms with Crippen LogP contribution in [0.2, 0.25) is 0 Å². The summed E-state index contributed by atoms with van der Waals surface area (Å²) in [7, 11) is 0. The number of rotatable bonds is 0. The van der Waals surface area contributed by atoms with Crippen LogP contribution in [0.25, 0.3) is 0 Å². The summed E-state index contributed by atoms with van der Waals surface area (Å²) in [5, 5.41) is 11.2. The van der Waals surface area contributed by atoms with Crippen LogP contribution in [-0.4, -0.2) is 22.5 Å². The van der Waals surface area contributed by atoms with Crippen LogP contribution in [-0.2, 0) is 9.53 Å². The predicted molar refractivity (Wildman–Crippen MR) is 38.6 cm³/mol. The number of hydrogen-bond donors (Lipinski definition) is 1. The highest BCUT2D eigenvalue weighted by molar-refractivity contribution is 6.36. The fourth-order valence-corrected chi connectivity index (χ4v) is 0.973. The van der Waals surface area contributed by atoms with Gasteiger partial charge in [-0.2, -0.15) is 0 Å². The van der Waals surface area contributed by atoms with Crippen LogP contribution >= 0.6 is 0 Å². The van der Waals surface area contributed by atoms with Crippen LogP contribution in [0.4, 0.5) is 0 Å². The van der Waals surface area contributed by atoms with Crippen molar-refractivity contribution in [2.45, 2.75) is 32.3 Å². The van der Waals surface area contributed by atoms with Gasteiger partial charge in [0.1, 0.15) is 5.60 Å². The Morgan fingerprint density at radius 2 is 2.27 bits per heavy atom. The molecule has 0 unspecified atom stereocenters. The third-order valence-corrected chi connectivity index (χ3v) is 1.69. The molecule has 0 bridgehead atoms. The minimum absolute atomic E-state index is 0.115. The van der Waals surface area contributed by atoms with Gasteiger partial charge >= 0.3 is 5.97 Å². The summed E-state index contributed by atoms with van der Waals surface area (Å²) < 4.78 is 4.95. The van der Waals surface area contributed by atoms with Gasteiger partial charge in [0.15, 0.2) is 5.71 Å². The summed E-state index contributed by atoms with van der Waals surface area (Å²) in [4.78, 5) is 10.9. The van der Waals surface area contributed by atoms with Crippen molar-refractivity contribution < 1.29 is 14.7 Å². The van der Waals surface area contributed by atoms with Gasteiger partial charge in [0.05, 0.1) is 0 Å². The molecule has 0 saturated carbocycles. The Balaban J connectivity index is 2.70. The van der Waals surface area contributed by atoms with Gasteiger partial charge in [-0.15, -0.1) is 0 Å². The van der Waals surface area contributed by atoms with Gasteiger partial charge in [-0.05, 0) is 20.3 Å². The monoisotopic (exact) mass is 157 g/mol. The fourth-order valence-electron chi connectivity index (χ4n) is 0.973. The standard InChI is InChI=1S/C7H11NO3/c1-7(2)4-3-5(8-10)6(9)11-7/h10H,3-4H2,1-2H3. The molecule has 4 nitrogen and oxygen atoms in total. The van der Waals surface area contributed by atoms with Crippen LogP contribution in [0.15, 0.2) is 5.16 Å². The van der Waals surface area contributed by atoms with E-state index in [2.05, 4.69) is 5.16 Å². The fraction of sp³-hybridized carbons (Fsp3) is 0.714. The lowest BCUT2D eigenvalue weighted by Crippen LogP contribution is -2.37. The largest absolute Gasteiger partial charge is 0.455 e. The van der Waals surface area contributed by atoms with E-state index in [0.717, 1.165) is 0 Å². The summed E-state index contributed by atoms with van der Waals surface area (Å²) in [6.07, 6.45) is 1.19. The molecule has 0 aliphatic carbocycles. The Hall–Kier alpha value is -1.06. The molecule has 11 heavy (non-hydrogen) atoms. The lowest BCUT2D eigenvalue weighted by molar-refractivity contribution is -0.151. The summed E-state index contributed by atoms with van der Waals surface area (Å²) >= 11 is 0. The molecule has 4 heteroatoms. The number of esters is 1. The number of carbonyl (C=O) groups is 1. The first-order valence-corrected chi connectivity index (χ1v) is 3.49.